The van der Waals surface area contributed by atoms with Gasteiger partial charge in [-0.2, -0.15) is 0 Å². The number of imide groups is 1. The molecule has 34 heavy (non-hydrogen) atoms. The van der Waals surface area contributed by atoms with E-state index in [4.69, 9.17) is 0 Å². The average molecular weight is 468 g/mol. The van der Waals surface area contributed by atoms with Crippen LogP contribution in [0.5, 0.6) is 0 Å². The third kappa shape index (κ3) is 6.13. The molecule has 2 aliphatic rings. The van der Waals surface area contributed by atoms with Gasteiger partial charge in [-0.3, -0.25) is 24.1 Å². The minimum atomic E-state index is -0.579. The van der Waals surface area contributed by atoms with Crippen molar-refractivity contribution in [3.8, 4) is 0 Å². The van der Waals surface area contributed by atoms with Gasteiger partial charge in [0.2, 0.25) is 23.6 Å². The maximum absolute atomic E-state index is 13.4. The highest BCUT2D eigenvalue weighted by molar-refractivity contribution is 6.05. The van der Waals surface area contributed by atoms with Crippen LogP contribution in [0.15, 0.2) is 42.5 Å². The standard InChI is InChI=1S/C27H37N3O4/c1-3-5-17-28-25(32)23(4-2)29(18-15-20-11-7-6-8-12-20)24(31)16-19-30-26(33)21-13-9-10-14-22(21)27(30)34/h6-12,21-23H,3-5,13-19H2,1-2H3,(H,28,32)/t21-,22+,23-/m0/s1. The number of fused-ring (bicyclic) bond motifs is 1. The van der Waals surface area contributed by atoms with Crippen molar-refractivity contribution in [3.05, 3.63) is 48.0 Å². The molecule has 1 aliphatic carbocycles. The Morgan fingerprint density at radius 1 is 1.06 bits per heavy atom. The number of allylic oxidation sites excluding steroid dienone is 2. The first-order valence-corrected chi connectivity index (χ1v) is 12.6. The van der Waals surface area contributed by atoms with Crippen LogP contribution in [0.2, 0.25) is 0 Å². The second-order valence-electron chi connectivity index (χ2n) is 9.13. The average Bonchev–Trinajstić information content (AvgIpc) is 3.10. The van der Waals surface area contributed by atoms with Gasteiger partial charge >= 0.3 is 0 Å². The van der Waals surface area contributed by atoms with Crippen LogP contribution in [0.1, 0.15) is 57.9 Å². The number of hydrogen-bond donors (Lipinski definition) is 1. The third-order valence-electron chi connectivity index (χ3n) is 6.85. The van der Waals surface area contributed by atoms with Gasteiger partial charge in [0, 0.05) is 26.1 Å². The Balaban J connectivity index is 1.68. The Hall–Kier alpha value is -2.96. The summed E-state index contributed by atoms with van der Waals surface area (Å²) >= 11 is 0. The maximum Gasteiger partial charge on any atom is 0.242 e. The molecular formula is C27H37N3O4. The van der Waals surface area contributed by atoms with E-state index in [0.29, 0.717) is 38.8 Å². The van der Waals surface area contributed by atoms with Crippen LogP contribution < -0.4 is 5.32 Å². The Labute approximate surface area is 202 Å². The first-order valence-electron chi connectivity index (χ1n) is 12.6. The summed E-state index contributed by atoms with van der Waals surface area (Å²) in [4.78, 5) is 54.7. The summed E-state index contributed by atoms with van der Waals surface area (Å²) in [6.45, 7) is 5.02. The van der Waals surface area contributed by atoms with E-state index in [1.165, 1.54) is 4.90 Å². The van der Waals surface area contributed by atoms with Crippen molar-refractivity contribution in [2.45, 2.75) is 64.8 Å². The van der Waals surface area contributed by atoms with Gasteiger partial charge in [-0.1, -0.05) is 62.8 Å². The van der Waals surface area contributed by atoms with E-state index in [0.717, 1.165) is 18.4 Å². The van der Waals surface area contributed by atoms with Crippen molar-refractivity contribution < 1.29 is 19.2 Å². The molecule has 1 heterocycles. The summed E-state index contributed by atoms with van der Waals surface area (Å²) < 4.78 is 0. The first kappa shape index (κ1) is 25.7. The van der Waals surface area contributed by atoms with Crippen LogP contribution in [0, 0.1) is 11.8 Å². The largest absolute Gasteiger partial charge is 0.354 e. The summed E-state index contributed by atoms with van der Waals surface area (Å²) in [6, 6.07) is 9.28. The molecule has 3 rings (SSSR count). The highest BCUT2D eigenvalue weighted by atomic mass is 16.2. The number of rotatable bonds is 12. The molecule has 1 aromatic carbocycles. The summed E-state index contributed by atoms with van der Waals surface area (Å²) in [5, 5.41) is 2.95. The number of carbonyl (C=O) groups excluding carboxylic acids is 4. The van der Waals surface area contributed by atoms with Crippen LogP contribution in [0.25, 0.3) is 0 Å². The fourth-order valence-corrected chi connectivity index (χ4v) is 4.84. The minimum absolute atomic E-state index is 0.0257. The van der Waals surface area contributed by atoms with Gasteiger partial charge in [0.05, 0.1) is 11.8 Å². The molecule has 0 radical (unpaired) electrons. The van der Waals surface area contributed by atoms with Crippen molar-refractivity contribution in [2.75, 3.05) is 19.6 Å². The van der Waals surface area contributed by atoms with Gasteiger partial charge in [-0.25, -0.2) is 0 Å². The lowest BCUT2D eigenvalue weighted by molar-refractivity contribution is -0.143. The molecule has 1 fully saturated rings. The molecule has 0 bridgehead atoms. The molecule has 4 amide bonds. The number of nitrogens with one attached hydrogen (secondary N) is 1. The zero-order valence-corrected chi connectivity index (χ0v) is 20.4. The Bertz CT molecular complexity index is 872. The van der Waals surface area contributed by atoms with Crippen LogP contribution in [0.3, 0.4) is 0 Å². The third-order valence-corrected chi connectivity index (χ3v) is 6.85. The first-order chi connectivity index (χ1) is 16.5. The van der Waals surface area contributed by atoms with Crippen LogP contribution in [-0.2, 0) is 25.6 Å². The van der Waals surface area contributed by atoms with Crippen LogP contribution >= 0.6 is 0 Å². The molecule has 1 aromatic rings. The molecule has 0 unspecified atom stereocenters. The molecule has 1 saturated heterocycles. The Morgan fingerprint density at radius 2 is 1.71 bits per heavy atom. The van der Waals surface area contributed by atoms with E-state index < -0.39 is 6.04 Å². The molecule has 3 atom stereocenters. The van der Waals surface area contributed by atoms with E-state index in [1.54, 1.807) is 4.90 Å². The fourth-order valence-electron chi connectivity index (χ4n) is 4.84. The van der Waals surface area contributed by atoms with E-state index >= 15 is 0 Å². The van der Waals surface area contributed by atoms with E-state index in [1.807, 2.05) is 49.4 Å². The molecule has 0 spiro atoms. The summed E-state index contributed by atoms with van der Waals surface area (Å²) in [6.07, 6.45) is 8.08. The number of hydrogen-bond acceptors (Lipinski definition) is 4. The van der Waals surface area contributed by atoms with E-state index in [-0.39, 0.29) is 48.4 Å². The lowest BCUT2D eigenvalue weighted by Gasteiger charge is -2.31. The quantitative estimate of drug-likeness (QED) is 0.291. The molecule has 0 aromatic heterocycles. The fraction of sp³-hybridized carbons (Fsp3) is 0.556. The summed E-state index contributed by atoms with van der Waals surface area (Å²) in [5.41, 5.74) is 1.09. The highest BCUT2D eigenvalue weighted by Crippen LogP contribution is 2.35. The number of amides is 4. The molecule has 7 heteroatoms. The summed E-state index contributed by atoms with van der Waals surface area (Å²) in [7, 11) is 0. The van der Waals surface area contributed by atoms with E-state index in [2.05, 4.69) is 12.2 Å². The molecule has 7 nitrogen and oxygen atoms in total. The SMILES string of the molecule is CCCCNC(=O)[C@H](CC)N(CCc1ccccc1)C(=O)CCN1C(=O)[C@H]2CC=CC[C@H]2C1=O. The van der Waals surface area contributed by atoms with Crippen molar-refractivity contribution >= 4 is 23.6 Å². The lowest BCUT2D eigenvalue weighted by Crippen LogP contribution is -2.51. The predicted octanol–water partition coefficient (Wildman–Crippen LogP) is 3.09. The van der Waals surface area contributed by atoms with Gasteiger partial charge in [-0.15, -0.1) is 0 Å². The number of nitrogens with zero attached hydrogens (tertiary/aromatic N) is 2. The summed E-state index contributed by atoms with van der Waals surface area (Å²) in [5.74, 6) is -1.30. The van der Waals surface area contributed by atoms with Crippen molar-refractivity contribution in [2.24, 2.45) is 11.8 Å². The molecule has 184 valence electrons. The number of likely N-dealkylation sites (tertiary alicyclic amines) is 1. The van der Waals surface area contributed by atoms with Gasteiger partial charge < -0.3 is 10.2 Å². The molecule has 1 aliphatic heterocycles. The molecular weight excluding hydrogens is 430 g/mol. The van der Waals surface area contributed by atoms with Crippen LogP contribution in [0.4, 0.5) is 0 Å². The number of benzene rings is 1. The number of carbonyl (C=O) groups is 4. The minimum Gasteiger partial charge on any atom is -0.354 e. The zero-order valence-electron chi connectivity index (χ0n) is 20.4. The topological polar surface area (TPSA) is 86.8 Å². The van der Waals surface area contributed by atoms with Crippen molar-refractivity contribution in [3.63, 3.8) is 0 Å². The Kier molecular flexibility index (Phi) is 9.42. The second kappa shape index (κ2) is 12.5. The maximum atomic E-state index is 13.4. The smallest absolute Gasteiger partial charge is 0.242 e. The predicted molar refractivity (Wildman–Crippen MR) is 131 cm³/mol. The molecule has 1 N–H and O–H groups in total. The van der Waals surface area contributed by atoms with Crippen molar-refractivity contribution in [1.29, 1.82) is 0 Å². The van der Waals surface area contributed by atoms with Crippen LogP contribution in [-0.4, -0.2) is 59.1 Å². The molecule has 0 saturated carbocycles. The highest BCUT2D eigenvalue weighted by Gasteiger charge is 2.47. The lowest BCUT2D eigenvalue weighted by atomic mass is 9.85. The normalized spacial score (nSPS) is 20.2. The van der Waals surface area contributed by atoms with Crippen molar-refractivity contribution in [1.82, 2.24) is 15.1 Å². The monoisotopic (exact) mass is 467 g/mol. The van der Waals surface area contributed by atoms with Gasteiger partial charge in [-0.05, 0) is 37.7 Å². The van der Waals surface area contributed by atoms with Gasteiger partial charge in [0.15, 0.2) is 0 Å². The van der Waals surface area contributed by atoms with E-state index in [9.17, 15) is 19.2 Å². The Morgan fingerprint density at radius 3 is 2.29 bits per heavy atom. The van der Waals surface area contributed by atoms with Gasteiger partial charge in [0.25, 0.3) is 0 Å². The second-order valence-corrected chi connectivity index (χ2v) is 9.13. The zero-order chi connectivity index (χ0) is 24.5. The van der Waals surface area contributed by atoms with Gasteiger partial charge in [0.1, 0.15) is 6.04 Å². The number of unbranched alkanes of at least 4 members (excludes halogenated alkanes) is 1.